The first-order chi connectivity index (χ1) is 10.6. The van der Waals surface area contributed by atoms with Gasteiger partial charge in [-0.05, 0) is 24.6 Å². The SMILES string of the molecule is N#CC1COCCN1C1CCN(c2ccc(Cl)c(F)c2)C1=O. The summed E-state index contributed by atoms with van der Waals surface area (Å²) in [4.78, 5) is 16.1. The van der Waals surface area contributed by atoms with Crippen LogP contribution in [0.4, 0.5) is 10.1 Å². The molecule has 1 aromatic rings. The summed E-state index contributed by atoms with van der Waals surface area (Å²) < 4.78 is 18.9. The Morgan fingerprint density at radius 2 is 2.23 bits per heavy atom. The topological polar surface area (TPSA) is 56.6 Å². The van der Waals surface area contributed by atoms with Crippen LogP contribution in [0.3, 0.4) is 0 Å². The molecule has 3 rings (SSSR count). The summed E-state index contributed by atoms with van der Waals surface area (Å²) in [5.41, 5.74) is 0.496. The molecule has 0 radical (unpaired) electrons. The highest BCUT2D eigenvalue weighted by Gasteiger charge is 2.40. The van der Waals surface area contributed by atoms with Crippen LogP contribution in [0.5, 0.6) is 0 Å². The van der Waals surface area contributed by atoms with Crippen LogP contribution in [-0.4, -0.2) is 49.2 Å². The first-order valence-corrected chi connectivity index (χ1v) is 7.49. The number of amides is 1. The minimum atomic E-state index is -0.545. The van der Waals surface area contributed by atoms with E-state index in [0.717, 1.165) is 0 Å². The molecule has 7 heteroatoms. The summed E-state index contributed by atoms with van der Waals surface area (Å²) in [6.07, 6.45) is 0.612. The molecule has 2 saturated heterocycles. The number of halogens is 2. The molecule has 0 spiro atoms. The van der Waals surface area contributed by atoms with E-state index in [0.29, 0.717) is 38.4 Å². The van der Waals surface area contributed by atoms with Crippen LogP contribution in [0.25, 0.3) is 0 Å². The van der Waals surface area contributed by atoms with Crippen LogP contribution in [-0.2, 0) is 9.53 Å². The van der Waals surface area contributed by atoms with E-state index in [2.05, 4.69) is 6.07 Å². The normalized spacial score (nSPS) is 26.2. The van der Waals surface area contributed by atoms with Gasteiger partial charge < -0.3 is 9.64 Å². The van der Waals surface area contributed by atoms with Crippen molar-refractivity contribution in [1.29, 1.82) is 5.26 Å². The van der Waals surface area contributed by atoms with Crippen molar-refractivity contribution in [2.45, 2.75) is 18.5 Å². The Balaban J connectivity index is 1.79. The van der Waals surface area contributed by atoms with Gasteiger partial charge in [0.25, 0.3) is 0 Å². The highest BCUT2D eigenvalue weighted by molar-refractivity contribution is 6.30. The van der Waals surface area contributed by atoms with E-state index < -0.39 is 11.9 Å². The lowest BCUT2D eigenvalue weighted by Gasteiger charge is -2.34. The maximum absolute atomic E-state index is 13.6. The lowest BCUT2D eigenvalue weighted by Crippen LogP contribution is -2.52. The van der Waals surface area contributed by atoms with E-state index in [1.807, 2.05) is 4.90 Å². The zero-order valence-electron chi connectivity index (χ0n) is 11.8. The first-order valence-electron chi connectivity index (χ1n) is 7.11. The van der Waals surface area contributed by atoms with Crippen LogP contribution in [0.15, 0.2) is 18.2 Å². The number of anilines is 1. The van der Waals surface area contributed by atoms with Crippen molar-refractivity contribution in [2.24, 2.45) is 0 Å². The second-order valence-electron chi connectivity index (χ2n) is 5.35. The largest absolute Gasteiger partial charge is 0.377 e. The van der Waals surface area contributed by atoms with Crippen LogP contribution < -0.4 is 4.90 Å². The molecule has 116 valence electrons. The lowest BCUT2D eigenvalue weighted by molar-refractivity contribution is -0.124. The third-order valence-electron chi connectivity index (χ3n) is 4.11. The van der Waals surface area contributed by atoms with Crippen molar-refractivity contribution in [3.05, 3.63) is 29.0 Å². The predicted molar refractivity (Wildman–Crippen MR) is 79.1 cm³/mol. The third-order valence-corrected chi connectivity index (χ3v) is 4.42. The zero-order valence-corrected chi connectivity index (χ0v) is 12.6. The number of morpholine rings is 1. The Hall–Kier alpha value is -1.68. The van der Waals surface area contributed by atoms with E-state index in [-0.39, 0.29) is 17.0 Å². The van der Waals surface area contributed by atoms with Crippen molar-refractivity contribution < 1.29 is 13.9 Å². The lowest BCUT2D eigenvalue weighted by atomic mass is 10.1. The Labute approximate surface area is 132 Å². The number of rotatable bonds is 2. The second-order valence-corrected chi connectivity index (χ2v) is 5.76. The van der Waals surface area contributed by atoms with Crippen molar-refractivity contribution >= 4 is 23.2 Å². The van der Waals surface area contributed by atoms with Gasteiger partial charge in [-0.15, -0.1) is 0 Å². The van der Waals surface area contributed by atoms with Gasteiger partial charge in [-0.25, -0.2) is 4.39 Å². The van der Waals surface area contributed by atoms with Crippen LogP contribution in [0.1, 0.15) is 6.42 Å². The standard InChI is InChI=1S/C15H15ClFN3O2/c16-12-2-1-10(7-13(12)17)20-4-3-14(15(20)21)19-5-6-22-9-11(19)8-18/h1-2,7,11,14H,3-6,9H2. The van der Waals surface area contributed by atoms with Gasteiger partial charge in [0.2, 0.25) is 5.91 Å². The van der Waals surface area contributed by atoms with Crippen molar-refractivity contribution in [3.8, 4) is 6.07 Å². The molecular weight excluding hydrogens is 309 g/mol. The molecule has 1 aromatic carbocycles. The average Bonchev–Trinajstić information content (AvgIpc) is 2.91. The number of hydrogen-bond donors (Lipinski definition) is 0. The van der Waals surface area contributed by atoms with Crippen LogP contribution in [0, 0.1) is 17.1 Å². The molecule has 22 heavy (non-hydrogen) atoms. The van der Waals surface area contributed by atoms with E-state index in [9.17, 15) is 14.4 Å². The number of carbonyl (C=O) groups is 1. The second kappa shape index (κ2) is 6.21. The summed E-state index contributed by atoms with van der Waals surface area (Å²) in [6, 6.07) is 5.75. The first kappa shape index (κ1) is 15.2. The maximum atomic E-state index is 13.6. The van der Waals surface area contributed by atoms with Gasteiger partial charge in [0.15, 0.2) is 0 Å². The Kier molecular flexibility index (Phi) is 4.30. The molecule has 1 amide bonds. The zero-order chi connectivity index (χ0) is 15.7. The van der Waals surface area contributed by atoms with Crippen LogP contribution in [0.2, 0.25) is 5.02 Å². The van der Waals surface area contributed by atoms with E-state index in [1.54, 1.807) is 11.0 Å². The molecule has 0 aromatic heterocycles. The number of benzene rings is 1. The minimum Gasteiger partial charge on any atom is -0.377 e. The monoisotopic (exact) mass is 323 g/mol. The Morgan fingerprint density at radius 1 is 1.41 bits per heavy atom. The van der Waals surface area contributed by atoms with Crippen molar-refractivity contribution in [1.82, 2.24) is 4.90 Å². The summed E-state index contributed by atoms with van der Waals surface area (Å²) >= 11 is 5.68. The molecule has 5 nitrogen and oxygen atoms in total. The third kappa shape index (κ3) is 2.68. The summed E-state index contributed by atoms with van der Waals surface area (Å²) in [5.74, 6) is -0.652. The number of hydrogen-bond acceptors (Lipinski definition) is 4. The van der Waals surface area contributed by atoms with E-state index in [4.69, 9.17) is 16.3 Å². The molecule has 0 saturated carbocycles. The Morgan fingerprint density at radius 3 is 2.95 bits per heavy atom. The molecule has 0 aliphatic carbocycles. The predicted octanol–water partition coefficient (Wildman–Crippen LogP) is 1.81. The highest BCUT2D eigenvalue weighted by Crippen LogP contribution is 2.28. The molecule has 2 aliphatic heterocycles. The summed E-state index contributed by atoms with van der Waals surface area (Å²) in [6.45, 7) is 1.88. The van der Waals surface area contributed by atoms with Gasteiger partial charge in [0.05, 0.1) is 30.3 Å². The Bertz CT molecular complexity index is 634. The quantitative estimate of drug-likeness (QED) is 0.833. The van der Waals surface area contributed by atoms with E-state index in [1.165, 1.54) is 12.1 Å². The fourth-order valence-electron chi connectivity index (χ4n) is 2.98. The molecule has 2 unspecified atom stereocenters. The molecule has 2 atom stereocenters. The smallest absolute Gasteiger partial charge is 0.244 e. The molecule has 0 N–H and O–H groups in total. The average molecular weight is 324 g/mol. The van der Waals surface area contributed by atoms with Crippen LogP contribution >= 0.6 is 11.6 Å². The fourth-order valence-corrected chi connectivity index (χ4v) is 3.10. The van der Waals surface area contributed by atoms with E-state index >= 15 is 0 Å². The molecular formula is C15H15ClFN3O2. The maximum Gasteiger partial charge on any atom is 0.244 e. The molecule has 2 aliphatic rings. The molecule has 2 heterocycles. The highest BCUT2D eigenvalue weighted by atomic mass is 35.5. The summed E-state index contributed by atoms with van der Waals surface area (Å²) in [5, 5.41) is 9.23. The van der Waals surface area contributed by atoms with Gasteiger partial charge in [-0.3, -0.25) is 9.69 Å². The van der Waals surface area contributed by atoms with Gasteiger partial charge >= 0.3 is 0 Å². The molecule has 0 bridgehead atoms. The minimum absolute atomic E-state index is 0.0321. The van der Waals surface area contributed by atoms with Gasteiger partial charge in [0, 0.05) is 18.8 Å². The van der Waals surface area contributed by atoms with Gasteiger partial charge in [-0.2, -0.15) is 5.26 Å². The fraction of sp³-hybridized carbons (Fsp3) is 0.467. The molecule has 2 fully saturated rings. The van der Waals surface area contributed by atoms with Gasteiger partial charge in [-0.1, -0.05) is 11.6 Å². The number of nitrogens with zero attached hydrogens (tertiary/aromatic N) is 3. The number of ether oxygens (including phenoxy) is 1. The van der Waals surface area contributed by atoms with Crippen molar-refractivity contribution in [2.75, 3.05) is 31.2 Å². The number of carbonyl (C=O) groups excluding carboxylic acids is 1. The number of nitriles is 1. The van der Waals surface area contributed by atoms with Gasteiger partial charge in [0.1, 0.15) is 11.9 Å². The van der Waals surface area contributed by atoms with Crippen molar-refractivity contribution in [3.63, 3.8) is 0 Å². The summed E-state index contributed by atoms with van der Waals surface area (Å²) in [7, 11) is 0.